The Labute approximate surface area is 376 Å². The summed E-state index contributed by atoms with van der Waals surface area (Å²) in [6.07, 6.45) is 8.34. The number of aromatic nitrogens is 6. The molecule has 0 amide bonds. The number of hydrogen-bond donors (Lipinski definition) is 1. The second-order valence-electron chi connectivity index (χ2n) is 7.76. The van der Waals surface area contributed by atoms with Gasteiger partial charge >= 0.3 is 115 Å². The number of carbonyl (C=O) groups is 3. The van der Waals surface area contributed by atoms with Gasteiger partial charge in [0.25, 0.3) is 6.47 Å². The van der Waals surface area contributed by atoms with Gasteiger partial charge in [-0.3, -0.25) is 4.79 Å². The molecular formula is C27H28Cl3F2K2N7O7. The first kappa shape index (κ1) is 51.0. The maximum absolute atomic E-state index is 13.6. The zero-order valence-electron chi connectivity index (χ0n) is 27.9. The van der Waals surface area contributed by atoms with Crippen LogP contribution < -0.4 is 108 Å². The molecule has 4 aromatic heterocycles. The van der Waals surface area contributed by atoms with Crippen LogP contribution in [0.25, 0.3) is 5.82 Å². The smallest absolute Gasteiger partial charge is 1.00 e. The molecule has 250 valence electrons. The van der Waals surface area contributed by atoms with Gasteiger partial charge in [-0.05, 0) is 62.0 Å². The van der Waals surface area contributed by atoms with E-state index >= 15 is 0 Å². The van der Waals surface area contributed by atoms with Crippen molar-refractivity contribution in [3.63, 3.8) is 0 Å². The first-order valence-corrected chi connectivity index (χ1v) is 13.7. The first-order valence-electron chi connectivity index (χ1n) is 12.5. The molecule has 1 N–H and O–H groups in total. The number of H-pyrrole nitrogens is 1. The monoisotopic (exact) mass is 783 g/mol. The fraction of sp³-hybridized carbons (Fsp3) is 0.259. The molecule has 21 heteroatoms. The van der Waals surface area contributed by atoms with Crippen LogP contribution in [-0.2, 0) is 19.2 Å². The molecule has 4 rings (SSSR count). The third-order valence-electron chi connectivity index (χ3n) is 4.62. The number of rotatable bonds is 6. The van der Waals surface area contributed by atoms with E-state index in [1.807, 2.05) is 6.92 Å². The van der Waals surface area contributed by atoms with Crippen molar-refractivity contribution in [1.29, 1.82) is 5.26 Å². The van der Waals surface area contributed by atoms with E-state index in [9.17, 15) is 18.4 Å². The molecule has 0 aliphatic heterocycles. The van der Waals surface area contributed by atoms with Crippen LogP contribution in [0.5, 0.6) is 0 Å². The van der Waals surface area contributed by atoms with Crippen LogP contribution in [0.2, 0.25) is 15.7 Å². The normalized spacial score (nSPS) is 8.79. The minimum absolute atomic E-state index is 0. The molecule has 14 nitrogen and oxygen atoms in total. The van der Waals surface area contributed by atoms with E-state index in [1.54, 1.807) is 45.4 Å². The van der Waals surface area contributed by atoms with Gasteiger partial charge in [0.2, 0.25) is 10.6 Å². The van der Waals surface area contributed by atoms with Crippen molar-refractivity contribution < 1.29 is 147 Å². The van der Waals surface area contributed by atoms with E-state index in [1.165, 1.54) is 17.7 Å². The first-order chi connectivity index (χ1) is 21.8. The average molecular weight is 785 g/mol. The van der Waals surface area contributed by atoms with Gasteiger partial charge in [0.15, 0.2) is 22.6 Å². The molecule has 0 aliphatic carbocycles. The molecule has 0 radical (unpaired) electrons. The molecule has 0 unspecified atom stereocenters. The number of esters is 2. The van der Waals surface area contributed by atoms with Gasteiger partial charge in [-0.15, -0.1) is 0 Å². The molecule has 0 aromatic carbocycles. The van der Waals surface area contributed by atoms with Gasteiger partial charge in [0, 0.05) is 31.7 Å². The Kier molecular flexibility index (Phi) is 31.1. The molecule has 48 heavy (non-hydrogen) atoms. The summed E-state index contributed by atoms with van der Waals surface area (Å²) >= 11 is 16.1. The molecule has 0 saturated carbocycles. The summed E-state index contributed by atoms with van der Waals surface area (Å²) in [5.41, 5.74) is 2.55. The predicted molar refractivity (Wildman–Crippen MR) is 160 cm³/mol. The number of nitrogens with zero attached hydrogens (tertiary/aromatic N) is 6. The number of aryl methyl sites for hydroxylation is 2. The Morgan fingerprint density at radius 3 is 1.85 bits per heavy atom. The summed E-state index contributed by atoms with van der Waals surface area (Å²) in [6, 6.07) is 1.75. The number of ether oxygens (including phenoxy) is 2. The molecule has 0 saturated heterocycles. The number of halogens is 5. The minimum Gasteiger partial charge on any atom is -1.00 e. The van der Waals surface area contributed by atoms with E-state index in [0.717, 1.165) is 18.0 Å². The van der Waals surface area contributed by atoms with Crippen molar-refractivity contribution in [2.24, 2.45) is 0 Å². The fourth-order valence-electron chi connectivity index (χ4n) is 2.82. The predicted octanol–water partition coefficient (Wildman–Crippen LogP) is -0.948. The molecule has 0 atom stereocenters. The number of hydrogen-bond acceptors (Lipinski definition) is 12. The number of aromatic amines is 1. The summed E-state index contributed by atoms with van der Waals surface area (Å²) < 4.78 is 36.9. The molecule has 0 spiro atoms. The largest absolute Gasteiger partial charge is 1.00 e. The topological polar surface area (TPSA) is 198 Å². The van der Waals surface area contributed by atoms with Crippen LogP contribution in [0.4, 0.5) is 8.78 Å². The van der Waals surface area contributed by atoms with Crippen molar-refractivity contribution in [2.45, 2.75) is 34.6 Å². The summed E-state index contributed by atoms with van der Waals surface area (Å²) in [6.45, 7) is 9.04. The van der Waals surface area contributed by atoms with Crippen molar-refractivity contribution in [3.05, 3.63) is 86.8 Å². The molecular weight excluding hydrogens is 757 g/mol. The third-order valence-corrected chi connectivity index (χ3v) is 5.25. The maximum Gasteiger partial charge on any atom is 1.00 e. The van der Waals surface area contributed by atoms with Gasteiger partial charge in [0.1, 0.15) is 0 Å². The summed E-state index contributed by atoms with van der Waals surface area (Å²) in [7, 11) is 0. The second-order valence-corrected chi connectivity index (χ2v) is 8.79. The molecule has 4 aromatic rings. The second kappa shape index (κ2) is 29.3. The van der Waals surface area contributed by atoms with Crippen molar-refractivity contribution >= 4 is 53.2 Å². The number of nitriles is 1. The van der Waals surface area contributed by atoms with Gasteiger partial charge in [-0.25, -0.2) is 33.3 Å². The summed E-state index contributed by atoms with van der Waals surface area (Å²) in [4.78, 5) is 50.8. The number of carbonyl (C=O) groups excluding carboxylic acids is 3. The Morgan fingerprint density at radius 2 is 1.44 bits per heavy atom. The van der Waals surface area contributed by atoms with E-state index < -0.39 is 17.6 Å². The Morgan fingerprint density at radius 1 is 0.958 bits per heavy atom. The summed E-state index contributed by atoms with van der Waals surface area (Å²) in [5, 5.41) is 15.4. The zero-order valence-corrected chi connectivity index (χ0v) is 35.4. The average Bonchev–Trinajstić information content (AvgIpc) is 3.63. The third kappa shape index (κ3) is 19.7. The van der Waals surface area contributed by atoms with Crippen LogP contribution in [0.1, 0.15) is 54.0 Å². The zero-order chi connectivity index (χ0) is 35.2. The van der Waals surface area contributed by atoms with Crippen LogP contribution in [0.3, 0.4) is 0 Å². The molecule has 4 heterocycles. The quantitative estimate of drug-likeness (QED) is 0.0480. The number of nitrogens with one attached hydrogen (secondary N) is 1. The van der Waals surface area contributed by atoms with Crippen LogP contribution in [-0.4, -0.2) is 61.1 Å². The van der Waals surface area contributed by atoms with Gasteiger partial charge in [-0.1, -0.05) is 11.6 Å². The van der Waals surface area contributed by atoms with E-state index in [2.05, 4.69) is 29.8 Å². The SMILES string of the molecule is CC#N.CCOC(=O)c1c[nH]cc1C.CCOC(=O)c1cn(-c2nc(Cl)ncc2F)cc1C.Fc1cnc(Cl)nc1Cl.O=CO[O-].[H-].[K+].[K+]. The van der Waals surface area contributed by atoms with Crippen molar-refractivity contribution in [2.75, 3.05) is 13.2 Å². The van der Waals surface area contributed by atoms with Gasteiger partial charge in [0.05, 0.1) is 42.8 Å². The maximum atomic E-state index is 13.6. The molecule has 0 bridgehead atoms. The van der Waals surface area contributed by atoms with E-state index in [-0.39, 0.29) is 145 Å². The van der Waals surface area contributed by atoms with Gasteiger partial charge in [-0.2, -0.15) is 10.2 Å². The fourth-order valence-corrected chi connectivity index (χ4v) is 3.25. The molecule has 0 aliphatic rings. The van der Waals surface area contributed by atoms with Crippen molar-refractivity contribution in [3.8, 4) is 11.9 Å². The van der Waals surface area contributed by atoms with Crippen molar-refractivity contribution in [1.82, 2.24) is 29.5 Å². The van der Waals surface area contributed by atoms with E-state index in [0.29, 0.717) is 23.3 Å². The Balaban J connectivity index is -0.000000291. The van der Waals surface area contributed by atoms with Crippen LogP contribution in [0, 0.1) is 36.8 Å². The van der Waals surface area contributed by atoms with E-state index in [4.69, 9.17) is 59.6 Å². The van der Waals surface area contributed by atoms with Crippen LogP contribution in [0.15, 0.2) is 37.2 Å². The Hall–Kier alpha value is -1.42. The summed E-state index contributed by atoms with van der Waals surface area (Å²) in [5.74, 6) is -2.03. The van der Waals surface area contributed by atoms with Gasteiger partial charge < -0.3 is 30.6 Å². The van der Waals surface area contributed by atoms with Crippen LogP contribution >= 0.6 is 34.8 Å². The standard InChI is InChI=1S/C12H11ClFN3O2.C8H11NO2.C4HCl2FN2.C2H3N.CH2O3.2K.H/c1-3-19-11(18)8-6-17(5-7(8)2)10-9(14)4-15-12(13)16-10;1-3-11-8(10)7-5-9-4-6(7)2;5-3-2(7)1-8-4(6)9-3;1-2-3;2-1-4-3;;;/h4-6H,3H2,1-2H3;4-5,9H,3H2,1-2H3;1H;1H3;1,3H;;;/q;;;;;2*+1;-1/p-1. The Bertz CT molecular complexity index is 1620. The molecule has 0 fully saturated rings. The minimum atomic E-state index is -0.666.